The van der Waals surface area contributed by atoms with Crippen molar-refractivity contribution in [1.29, 1.82) is 0 Å². The van der Waals surface area contributed by atoms with Crippen LogP contribution in [0.1, 0.15) is 16.8 Å². The normalized spacial score (nSPS) is 12.7. The molecule has 0 spiro atoms. The summed E-state index contributed by atoms with van der Waals surface area (Å²) in [6, 6.07) is 9.91. The molecule has 3 aromatic rings. The van der Waals surface area contributed by atoms with Crippen molar-refractivity contribution in [3.05, 3.63) is 58.8 Å². The summed E-state index contributed by atoms with van der Waals surface area (Å²) >= 11 is 1.55. The van der Waals surface area contributed by atoms with E-state index < -0.39 is 6.10 Å². The quantitative estimate of drug-likeness (QED) is 0.783. The Balaban J connectivity index is 1.98. The van der Waals surface area contributed by atoms with Gasteiger partial charge in [-0.05, 0) is 11.5 Å². The molecule has 0 saturated heterocycles. The summed E-state index contributed by atoms with van der Waals surface area (Å²) in [4.78, 5) is 8.51. The van der Waals surface area contributed by atoms with Gasteiger partial charge in [0.2, 0.25) is 0 Å². The Morgan fingerprint density at radius 3 is 2.83 bits per heavy atom. The number of nitrogens with zero attached hydrogens (tertiary/aromatic N) is 2. The molecule has 1 aromatic carbocycles. The Labute approximate surface area is 109 Å². The van der Waals surface area contributed by atoms with E-state index in [0.29, 0.717) is 6.42 Å². The van der Waals surface area contributed by atoms with Crippen molar-refractivity contribution >= 4 is 22.1 Å². The third kappa shape index (κ3) is 2.12. The minimum absolute atomic E-state index is 0.513. The minimum Gasteiger partial charge on any atom is -0.386 e. The van der Waals surface area contributed by atoms with Crippen molar-refractivity contribution in [1.82, 2.24) is 9.97 Å². The van der Waals surface area contributed by atoms with Gasteiger partial charge in [-0.25, -0.2) is 4.98 Å². The highest BCUT2D eigenvalue weighted by molar-refractivity contribution is 7.09. The Kier molecular flexibility index (Phi) is 3.04. The maximum absolute atomic E-state index is 10.3. The first-order valence-electron chi connectivity index (χ1n) is 5.74. The molecular formula is C14H12N2OS. The largest absolute Gasteiger partial charge is 0.386 e. The Morgan fingerprint density at radius 2 is 2.00 bits per heavy atom. The molecule has 0 aliphatic carbocycles. The predicted molar refractivity (Wildman–Crippen MR) is 72.5 cm³/mol. The summed E-state index contributed by atoms with van der Waals surface area (Å²) in [5.41, 5.74) is 0.725. The van der Waals surface area contributed by atoms with E-state index in [1.807, 2.05) is 35.7 Å². The second kappa shape index (κ2) is 4.84. The molecule has 0 fully saturated rings. The average molecular weight is 256 g/mol. The van der Waals surface area contributed by atoms with E-state index in [2.05, 4.69) is 9.97 Å². The van der Waals surface area contributed by atoms with Crippen molar-refractivity contribution in [3.63, 3.8) is 0 Å². The second-order valence-electron chi connectivity index (χ2n) is 4.06. The molecular weight excluding hydrogens is 244 g/mol. The van der Waals surface area contributed by atoms with E-state index in [4.69, 9.17) is 0 Å². The highest BCUT2D eigenvalue weighted by Crippen LogP contribution is 2.24. The lowest BCUT2D eigenvalue weighted by Crippen LogP contribution is -2.04. The van der Waals surface area contributed by atoms with Crippen LogP contribution in [0.5, 0.6) is 0 Å². The van der Waals surface area contributed by atoms with E-state index in [1.54, 1.807) is 23.7 Å². The van der Waals surface area contributed by atoms with Gasteiger partial charge in [0.25, 0.3) is 0 Å². The van der Waals surface area contributed by atoms with Gasteiger partial charge in [0.1, 0.15) is 6.10 Å². The maximum atomic E-state index is 10.3. The highest BCUT2D eigenvalue weighted by Gasteiger charge is 2.14. The molecule has 1 unspecified atom stereocenters. The van der Waals surface area contributed by atoms with Gasteiger partial charge in [-0.3, -0.25) is 4.98 Å². The van der Waals surface area contributed by atoms with Crippen LogP contribution in [0.25, 0.3) is 10.8 Å². The summed E-state index contributed by atoms with van der Waals surface area (Å²) in [5.74, 6) is 0. The lowest BCUT2D eigenvalue weighted by molar-refractivity contribution is 0.175. The number of fused-ring (bicyclic) bond motifs is 1. The van der Waals surface area contributed by atoms with Gasteiger partial charge < -0.3 is 5.11 Å². The fourth-order valence-corrected chi connectivity index (χ4v) is 2.68. The summed E-state index contributed by atoms with van der Waals surface area (Å²) < 4.78 is 0. The van der Waals surface area contributed by atoms with Crippen LogP contribution in [0.4, 0.5) is 0 Å². The molecule has 4 heteroatoms. The SMILES string of the molecule is OC(Cc1nccs1)c1nccc2ccccc12. The Hall–Kier alpha value is -1.78. The zero-order valence-corrected chi connectivity index (χ0v) is 10.5. The molecule has 2 heterocycles. The molecule has 2 aromatic heterocycles. The number of thiazole rings is 1. The van der Waals surface area contributed by atoms with Crippen molar-refractivity contribution in [2.45, 2.75) is 12.5 Å². The summed E-state index contributed by atoms with van der Waals surface area (Å²) in [5, 5.41) is 15.2. The van der Waals surface area contributed by atoms with Crippen molar-refractivity contribution < 1.29 is 5.11 Å². The molecule has 3 nitrogen and oxygen atoms in total. The Bertz CT molecular complexity index is 646. The fourth-order valence-electron chi connectivity index (χ4n) is 2.02. The summed E-state index contributed by atoms with van der Waals surface area (Å²) in [7, 11) is 0. The zero-order chi connectivity index (χ0) is 12.4. The van der Waals surface area contributed by atoms with E-state index in [-0.39, 0.29) is 0 Å². The van der Waals surface area contributed by atoms with Crippen molar-refractivity contribution in [2.24, 2.45) is 0 Å². The molecule has 18 heavy (non-hydrogen) atoms. The monoisotopic (exact) mass is 256 g/mol. The minimum atomic E-state index is -0.609. The maximum Gasteiger partial charge on any atom is 0.103 e. The van der Waals surface area contributed by atoms with Crippen LogP contribution in [-0.2, 0) is 6.42 Å². The topological polar surface area (TPSA) is 46.0 Å². The van der Waals surface area contributed by atoms with Gasteiger partial charge >= 0.3 is 0 Å². The van der Waals surface area contributed by atoms with Gasteiger partial charge in [0.15, 0.2) is 0 Å². The smallest absolute Gasteiger partial charge is 0.103 e. The second-order valence-corrected chi connectivity index (χ2v) is 5.04. The molecule has 0 saturated carbocycles. The van der Waals surface area contributed by atoms with E-state index >= 15 is 0 Å². The standard InChI is InChI=1S/C14H12N2OS/c17-12(9-13-15-7-8-18-13)14-11-4-2-1-3-10(11)5-6-16-14/h1-8,12,17H,9H2. The van der Waals surface area contributed by atoms with Crippen LogP contribution in [0.3, 0.4) is 0 Å². The number of hydrogen-bond donors (Lipinski definition) is 1. The summed E-state index contributed by atoms with van der Waals surface area (Å²) in [6.45, 7) is 0. The van der Waals surface area contributed by atoms with Gasteiger partial charge in [-0.15, -0.1) is 11.3 Å². The van der Waals surface area contributed by atoms with E-state index in [1.165, 1.54) is 0 Å². The molecule has 0 amide bonds. The third-order valence-corrected chi connectivity index (χ3v) is 3.67. The van der Waals surface area contributed by atoms with Crippen LogP contribution in [0.2, 0.25) is 0 Å². The molecule has 90 valence electrons. The van der Waals surface area contributed by atoms with E-state index in [0.717, 1.165) is 21.5 Å². The first kappa shape index (κ1) is 11.3. The molecule has 1 N–H and O–H groups in total. The van der Waals surface area contributed by atoms with Crippen molar-refractivity contribution in [3.8, 4) is 0 Å². The number of pyridine rings is 1. The first-order valence-corrected chi connectivity index (χ1v) is 6.62. The van der Waals surface area contributed by atoms with Crippen LogP contribution in [0, 0.1) is 0 Å². The summed E-state index contributed by atoms with van der Waals surface area (Å²) in [6.07, 6.45) is 3.40. The van der Waals surface area contributed by atoms with Crippen molar-refractivity contribution in [2.75, 3.05) is 0 Å². The number of aromatic nitrogens is 2. The van der Waals surface area contributed by atoms with E-state index in [9.17, 15) is 5.11 Å². The van der Waals surface area contributed by atoms with Crippen LogP contribution in [0.15, 0.2) is 48.1 Å². The van der Waals surface area contributed by atoms with Gasteiger partial charge in [0.05, 0.1) is 10.7 Å². The third-order valence-electron chi connectivity index (χ3n) is 2.87. The van der Waals surface area contributed by atoms with Crippen LogP contribution in [-0.4, -0.2) is 15.1 Å². The van der Waals surface area contributed by atoms with Gasteiger partial charge in [0, 0.05) is 29.6 Å². The molecule has 0 bridgehead atoms. The first-order chi connectivity index (χ1) is 8.84. The van der Waals surface area contributed by atoms with Gasteiger partial charge in [-0.1, -0.05) is 24.3 Å². The van der Waals surface area contributed by atoms with Crippen LogP contribution >= 0.6 is 11.3 Å². The number of hydrogen-bond acceptors (Lipinski definition) is 4. The number of benzene rings is 1. The molecule has 1 atom stereocenters. The molecule has 0 radical (unpaired) electrons. The number of aliphatic hydroxyl groups is 1. The fraction of sp³-hybridized carbons (Fsp3) is 0.143. The number of aliphatic hydroxyl groups excluding tert-OH is 1. The lowest BCUT2D eigenvalue weighted by atomic mass is 10.1. The highest BCUT2D eigenvalue weighted by atomic mass is 32.1. The Morgan fingerprint density at radius 1 is 1.11 bits per heavy atom. The van der Waals surface area contributed by atoms with Gasteiger partial charge in [-0.2, -0.15) is 0 Å². The molecule has 0 aliphatic rings. The predicted octanol–water partition coefficient (Wildman–Crippen LogP) is 2.97. The lowest BCUT2D eigenvalue weighted by Gasteiger charge is -2.11. The number of rotatable bonds is 3. The van der Waals surface area contributed by atoms with Crippen LogP contribution < -0.4 is 0 Å². The zero-order valence-electron chi connectivity index (χ0n) is 9.65. The molecule has 3 rings (SSSR count). The molecule has 0 aliphatic heterocycles. The average Bonchev–Trinajstić information content (AvgIpc) is 2.91.